The minimum atomic E-state index is -0.469. The van der Waals surface area contributed by atoms with Crippen molar-refractivity contribution >= 4 is 23.1 Å². The van der Waals surface area contributed by atoms with Gasteiger partial charge in [-0.25, -0.2) is 18.1 Å². The van der Waals surface area contributed by atoms with Gasteiger partial charge in [-0.15, -0.1) is 0 Å². The zero-order valence-corrected chi connectivity index (χ0v) is 21.4. The predicted molar refractivity (Wildman–Crippen MR) is 139 cm³/mol. The second-order valence-corrected chi connectivity index (χ2v) is 9.90. The highest BCUT2D eigenvalue weighted by molar-refractivity contribution is 6.01. The van der Waals surface area contributed by atoms with Crippen LogP contribution in [0.4, 0.5) is 14.5 Å². The molecule has 0 radical (unpaired) electrons. The number of fused-ring (bicyclic) bond motifs is 2. The van der Waals surface area contributed by atoms with Crippen molar-refractivity contribution in [2.75, 3.05) is 18.1 Å². The highest BCUT2D eigenvalue weighted by Gasteiger charge is 2.30. The van der Waals surface area contributed by atoms with Crippen molar-refractivity contribution in [3.05, 3.63) is 82.9 Å². The highest BCUT2D eigenvalue weighted by atomic mass is 19.1. The Morgan fingerprint density at radius 3 is 2.77 bits per heavy atom. The summed E-state index contributed by atoms with van der Waals surface area (Å²) < 4.78 is 37.1. The lowest BCUT2D eigenvalue weighted by atomic mass is 10.0. The molecule has 9 nitrogen and oxygen atoms in total. The number of nitrogens with one attached hydrogen (secondary N) is 1. The van der Waals surface area contributed by atoms with Gasteiger partial charge in [0.2, 0.25) is 0 Å². The lowest BCUT2D eigenvalue weighted by Gasteiger charge is -2.27. The molecule has 1 amide bonds. The van der Waals surface area contributed by atoms with Crippen LogP contribution in [0, 0.1) is 11.6 Å². The molecule has 11 heteroatoms. The van der Waals surface area contributed by atoms with E-state index in [9.17, 15) is 18.4 Å². The van der Waals surface area contributed by atoms with E-state index in [0.29, 0.717) is 54.6 Å². The average molecular weight is 535 g/mol. The van der Waals surface area contributed by atoms with E-state index in [2.05, 4.69) is 15.5 Å². The molecule has 1 unspecified atom stereocenters. The third-order valence-corrected chi connectivity index (χ3v) is 7.56. The van der Waals surface area contributed by atoms with E-state index in [1.165, 1.54) is 18.5 Å². The van der Waals surface area contributed by atoms with Crippen LogP contribution in [-0.4, -0.2) is 50.5 Å². The van der Waals surface area contributed by atoms with Gasteiger partial charge in [0, 0.05) is 43.0 Å². The van der Waals surface area contributed by atoms with Gasteiger partial charge in [-0.05, 0) is 56.5 Å². The number of anilines is 1. The molecule has 39 heavy (non-hydrogen) atoms. The number of amides is 1. The summed E-state index contributed by atoms with van der Waals surface area (Å²) in [7, 11) is 0. The molecule has 2 aliphatic rings. The Bertz CT molecular complexity index is 1560. The Morgan fingerprint density at radius 2 is 1.92 bits per heavy atom. The van der Waals surface area contributed by atoms with Gasteiger partial charge in [-0.3, -0.25) is 9.48 Å². The summed E-state index contributed by atoms with van der Waals surface area (Å²) in [6.07, 6.45) is 7.48. The molecule has 1 fully saturated rings. The van der Waals surface area contributed by atoms with E-state index in [1.807, 2.05) is 17.0 Å². The zero-order chi connectivity index (χ0) is 27.1. The molecular weight excluding hydrogens is 506 g/mol. The van der Waals surface area contributed by atoms with Crippen LogP contribution in [0.1, 0.15) is 64.2 Å². The van der Waals surface area contributed by atoms with Gasteiger partial charge in [0.15, 0.2) is 0 Å². The lowest BCUT2D eigenvalue weighted by molar-refractivity contribution is 0.0524. The third kappa shape index (κ3) is 4.62. The van der Waals surface area contributed by atoms with Gasteiger partial charge < -0.3 is 15.0 Å². The summed E-state index contributed by atoms with van der Waals surface area (Å²) in [5, 5.41) is 11.7. The number of hydrogen-bond donors (Lipinski definition) is 1. The monoisotopic (exact) mass is 534 g/mol. The first-order valence-electron chi connectivity index (χ1n) is 13.1. The number of aromatic nitrogens is 4. The van der Waals surface area contributed by atoms with Crippen molar-refractivity contribution in [1.29, 1.82) is 0 Å². The lowest BCUT2D eigenvalue weighted by Crippen LogP contribution is -2.40. The number of benzene rings is 1. The molecule has 2 aliphatic heterocycles. The van der Waals surface area contributed by atoms with Crippen molar-refractivity contribution in [3.8, 4) is 0 Å². The molecule has 5 heterocycles. The molecule has 0 saturated carbocycles. The topological polar surface area (TPSA) is 93.8 Å². The minimum absolute atomic E-state index is 0.188. The fraction of sp³-hybridized carbons (Fsp3) is 0.357. The molecule has 6 rings (SSSR count). The Kier molecular flexibility index (Phi) is 6.49. The number of aryl methyl sites for hydroxylation is 1. The second kappa shape index (κ2) is 10.1. The number of nitrogens with zero attached hydrogens (tertiary/aromatic N) is 5. The average Bonchev–Trinajstić information content (AvgIpc) is 3.67. The number of carbonyl (C=O) groups excluding carboxylic acids is 2. The predicted octanol–water partition coefficient (Wildman–Crippen LogP) is 4.07. The molecule has 0 bridgehead atoms. The number of esters is 1. The van der Waals surface area contributed by atoms with Crippen molar-refractivity contribution in [2.24, 2.45) is 0 Å². The molecule has 4 aromatic rings. The normalized spacial score (nSPS) is 18.8. The first kappa shape index (κ1) is 25.0. The Labute approximate surface area is 223 Å². The molecular formula is C28H28F2N6O3. The van der Waals surface area contributed by atoms with Crippen LogP contribution in [0.2, 0.25) is 0 Å². The summed E-state index contributed by atoms with van der Waals surface area (Å²) >= 11 is 0. The van der Waals surface area contributed by atoms with Gasteiger partial charge in [0.05, 0.1) is 41.8 Å². The number of carbonyl (C=O) groups is 2. The quantitative estimate of drug-likeness (QED) is 0.375. The number of ether oxygens (including phenoxy) is 1. The number of pyridine rings is 1. The van der Waals surface area contributed by atoms with Crippen LogP contribution in [0.25, 0.3) is 5.52 Å². The third-order valence-electron chi connectivity index (χ3n) is 7.56. The highest BCUT2D eigenvalue weighted by Crippen LogP contribution is 2.38. The van der Waals surface area contributed by atoms with Crippen LogP contribution in [0.3, 0.4) is 0 Å². The van der Waals surface area contributed by atoms with E-state index >= 15 is 0 Å². The summed E-state index contributed by atoms with van der Waals surface area (Å²) in [6.45, 7) is 3.29. The van der Waals surface area contributed by atoms with Crippen LogP contribution >= 0.6 is 0 Å². The summed E-state index contributed by atoms with van der Waals surface area (Å²) in [5.74, 6) is -1.59. The largest absolute Gasteiger partial charge is 0.462 e. The van der Waals surface area contributed by atoms with Gasteiger partial charge in [-0.2, -0.15) is 10.2 Å². The summed E-state index contributed by atoms with van der Waals surface area (Å²) in [6, 6.07) is 6.80. The maximum absolute atomic E-state index is 14.6. The second-order valence-electron chi connectivity index (χ2n) is 9.90. The molecule has 2 atom stereocenters. The molecule has 0 aliphatic carbocycles. The van der Waals surface area contributed by atoms with Crippen LogP contribution < -0.4 is 10.2 Å². The minimum Gasteiger partial charge on any atom is -0.462 e. The SMILES string of the molecule is CCOC(=O)c1cnn2c1CC(NC(=O)c1cnn3ccc(N4CCC[C@@H]4c4cc(F)ccc4F)cc13)CC2. The van der Waals surface area contributed by atoms with E-state index in [0.717, 1.165) is 29.9 Å². The van der Waals surface area contributed by atoms with Gasteiger partial charge in [0.1, 0.15) is 17.2 Å². The molecule has 3 aromatic heterocycles. The fourth-order valence-corrected chi connectivity index (χ4v) is 5.69. The first-order valence-corrected chi connectivity index (χ1v) is 13.1. The molecule has 1 saturated heterocycles. The Balaban J connectivity index is 1.23. The van der Waals surface area contributed by atoms with Gasteiger partial charge in [0.25, 0.3) is 5.91 Å². The van der Waals surface area contributed by atoms with E-state index < -0.39 is 17.6 Å². The number of rotatable bonds is 6. The number of hydrogen-bond acceptors (Lipinski definition) is 6. The van der Waals surface area contributed by atoms with E-state index in [-0.39, 0.29) is 24.6 Å². The van der Waals surface area contributed by atoms with Crippen LogP contribution in [-0.2, 0) is 17.7 Å². The van der Waals surface area contributed by atoms with Gasteiger partial charge >= 0.3 is 5.97 Å². The fourth-order valence-electron chi connectivity index (χ4n) is 5.69. The molecule has 1 aromatic carbocycles. The summed E-state index contributed by atoms with van der Waals surface area (Å²) in [5.41, 5.74) is 3.34. The first-order chi connectivity index (χ1) is 18.9. The standard InChI is InChI=1S/C28H28F2N6O3/c1-2-39-28(38)22-16-32-35-10-7-18(13-25(22)35)33-27(37)21-15-31-36-11-8-19(14-26(21)36)34-9-3-4-24(34)20-12-17(29)5-6-23(20)30/h5-6,8,11-12,14-16,18,24H,2-4,7,9-10,13H2,1H3,(H,33,37)/t18?,24-/m1/s1. The van der Waals surface area contributed by atoms with Crippen molar-refractivity contribution < 1.29 is 23.1 Å². The smallest absolute Gasteiger partial charge is 0.341 e. The van der Waals surface area contributed by atoms with E-state index in [1.54, 1.807) is 22.3 Å². The Morgan fingerprint density at radius 1 is 1.08 bits per heavy atom. The van der Waals surface area contributed by atoms with E-state index in [4.69, 9.17) is 4.74 Å². The van der Waals surface area contributed by atoms with Crippen molar-refractivity contribution in [1.82, 2.24) is 24.7 Å². The Hall–Kier alpha value is -4.28. The summed E-state index contributed by atoms with van der Waals surface area (Å²) in [4.78, 5) is 27.7. The van der Waals surface area contributed by atoms with Crippen molar-refractivity contribution in [2.45, 2.75) is 51.2 Å². The zero-order valence-electron chi connectivity index (χ0n) is 21.4. The molecule has 0 spiro atoms. The molecule has 202 valence electrons. The van der Waals surface area contributed by atoms with Crippen LogP contribution in [0.5, 0.6) is 0 Å². The maximum Gasteiger partial charge on any atom is 0.341 e. The van der Waals surface area contributed by atoms with Crippen molar-refractivity contribution in [3.63, 3.8) is 0 Å². The van der Waals surface area contributed by atoms with Crippen LogP contribution in [0.15, 0.2) is 48.9 Å². The van der Waals surface area contributed by atoms with Gasteiger partial charge in [-0.1, -0.05) is 0 Å². The number of halogens is 2. The maximum atomic E-state index is 14.6. The molecule has 1 N–H and O–H groups in total.